The Hall–Kier alpha value is -3.05. The zero-order valence-corrected chi connectivity index (χ0v) is 20.1. The number of rotatable bonds is 10. The van der Waals surface area contributed by atoms with Crippen LogP contribution in [0.2, 0.25) is 0 Å². The highest BCUT2D eigenvalue weighted by molar-refractivity contribution is 8.00. The number of thioether (sulfide) groups is 1. The average Bonchev–Trinajstić information content (AvgIpc) is 3.14. The lowest BCUT2D eigenvalue weighted by molar-refractivity contribution is -0.142. The van der Waals surface area contributed by atoms with Gasteiger partial charge in [0, 0.05) is 19.8 Å². The van der Waals surface area contributed by atoms with Crippen LogP contribution >= 0.6 is 11.8 Å². The number of ether oxygens (including phenoxy) is 2. The van der Waals surface area contributed by atoms with Gasteiger partial charge in [-0.25, -0.2) is 9.78 Å². The van der Waals surface area contributed by atoms with Gasteiger partial charge in [0.2, 0.25) is 0 Å². The Balaban J connectivity index is 2.23. The number of aryl methyl sites for hydroxylation is 1. The maximum atomic E-state index is 13.4. The summed E-state index contributed by atoms with van der Waals surface area (Å²) in [6, 6.07) is 7.32. The number of carbonyl (C=O) groups excluding carboxylic acids is 1. The molecule has 2 heterocycles. The van der Waals surface area contributed by atoms with Gasteiger partial charge in [0.1, 0.15) is 5.25 Å². The molecular weight excluding hydrogens is 446 g/mol. The first-order valence-electron chi connectivity index (χ1n) is 10.7. The highest BCUT2D eigenvalue weighted by Gasteiger charge is 2.26. The van der Waals surface area contributed by atoms with Crippen LogP contribution in [0.3, 0.4) is 0 Å². The number of nitrogens with two attached hydrogens (primary N) is 1. The fourth-order valence-electron chi connectivity index (χ4n) is 3.50. The second kappa shape index (κ2) is 10.7. The minimum absolute atomic E-state index is 0.115. The van der Waals surface area contributed by atoms with Crippen LogP contribution in [0.25, 0.3) is 11.2 Å². The molecule has 2 aromatic heterocycles. The lowest BCUT2D eigenvalue weighted by Gasteiger charge is -2.15. The van der Waals surface area contributed by atoms with Gasteiger partial charge in [0.05, 0.1) is 26.3 Å². The standard InChI is InChI=1S/C22H29N5O5S/c1-5-16(20(29)32-6-2)33-21-24-18-17(27(21)13-14-8-7-9-15(23)12-14)19(28)26(10-11-31-4)22(30)25(18)3/h7-9,12,16H,5-6,10-11,13,23H2,1-4H3. The van der Waals surface area contributed by atoms with Crippen molar-refractivity contribution in [3.63, 3.8) is 0 Å². The number of benzene rings is 1. The molecule has 0 spiro atoms. The summed E-state index contributed by atoms with van der Waals surface area (Å²) in [5.41, 5.74) is 6.99. The summed E-state index contributed by atoms with van der Waals surface area (Å²) in [4.78, 5) is 43.3. The lowest BCUT2D eigenvalue weighted by Crippen LogP contribution is -2.40. The van der Waals surface area contributed by atoms with Gasteiger partial charge in [-0.2, -0.15) is 0 Å². The smallest absolute Gasteiger partial charge is 0.332 e. The number of esters is 1. The molecule has 0 aliphatic heterocycles. The van der Waals surface area contributed by atoms with E-state index in [-0.39, 0.29) is 36.9 Å². The molecule has 178 valence electrons. The van der Waals surface area contributed by atoms with Crippen molar-refractivity contribution in [3.8, 4) is 0 Å². The summed E-state index contributed by atoms with van der Waals surface area (Å²) in [6.45, 7) is 4.53. The van der Waals surface area contributed by atoms with Crippen molar-refractivity contribution in [2.75, 3.05) is 26.1 Å². The third-order valence-corrected chi connectivity index (χ3v) is 6.51. The number of hydrogen-bond donors (Lipinski definition) is 1. The van der Waals surface area contributed by atoms with Gasteiger partial charge in [-0.05, 0) is 31.0 Å². The van der Waals surface area contributed by atoms with Gasteiger partial charge in [-0.3, -0.25) is 18.7 Å². The second-order valence-corrected chi connectivity index (χ2v) is 8.63. The first-order valence-corrected chi connectivity index (χ1v) is 11.6. The van der Waals surface area contributed by atoms with Gasteiger partial charge in [-0.15, -0.1) is 0 Å². The van der Waals surface area contributed by atoms with Crippen molar-refractivity contribution < 1.29 is 14.3 Å². The third-order valence-electron chi connectivity index (χ3n) is 5.18. The van der Waals surface area contributed by atoms with E-state index in [0.29, 0.717) is 23.8 Å². The summed E-state index contributed by atoms with van der Waals surface area (Å²) in [6.07, 6.45) is 0.516. The van der Waals surface area contributed by atoms with Crippen LogP contribution in [0.4, 0.5) is 5.69 Å². The molecular formula is C22H29N5O5S. The zero-order chi connectivity index (χ0) is 24.1. The van der Waals surface area contributed by atoms with Crippen molar-refractivity contribution >= 4 is 34.6 Å². The van der Waals surface area contributed by atoms with E-state index < -0.39 is 16.5 Å². The van der Waals surface area contributed by atoms with Crippen LogP contribution in [-0.4, -0.2) is 50.2 Å². The fraction of sp³-hybridized carbons (Fsp3) is 0.455. The molecule has 0 aliphatic rings. The molecule has 0 radical (unpaired) electrons. The molecule has 3 aromatic rings. The molecule has 0 saturated heterocycles. The Bertz CT molecular complexity index is 1260. The van der Waals surface area contributed by atoms with E-state index in [1.807, 2.05) is 25.1 Å². The van der Waals surface area contributed by atoms with E-state index in [4.69, 9.17) is 15.2 Å². The first kappa shape index (κ1) is 24.6. The van der Waals surface area contributed by atoms with E-state index in [2.05, 4.69) is 4.98 Å². The van der Waals surface area contributed by atoms with E-state index in [0.717, 1.165) is 10.1 Å². The summed E-state index contributed by atoms with van der Waals surface area (Å²) < 4.78 is 14.5. The number of hydrogen-bond acceptors (Lipinski definition) is 8. The van der Waals surface area contributed by atoms with Crippen LogP contribution in [0, 0.1) is 0 Å². The monoisotopic (exact) mass is 475 g/mol. The molecule has 3 rings (SSSR count). The van der Waals surface area contributed by atoms with Crippen molar-refractivity contribution in [1.82, 2.24) is 18.7 Å². The topological polar surface area (TPSA) is 123 Å². The normalized spacial score (nSPS) is 12.2. The predicted molar refractivity (Wildman–Crippen MR) is 128 cm³/mol. The van der Waals surface area contributed by atoms with E-state index >= 15 is 0 Å². The number of methoxy groups -OCH3 is 1. The Kier molecular flexibility index (Phi) is 7.98. The SMILES string of the molecule is CCOC(=O)C(CC)Sc1nc2c(c(=O)n(CCOC)c(=O)n2C)n1Cc1cccc(N)c1. The fourth-order valence-corrected chi connectivity index (χ4v) is 4.51. The van der Waals surface area contributed by atoms with Gasteiger partial charge in [0.15, 0.2) is 16.3 Å². The van der Waals surface area contributed by atoms with E-state index in [9.17, 15) is 14.4 Å². The largest absolute Gasteiger partial charge is 0.465 e. The van der Waals surface area contributed by atoms with Crippen LogP contribution in [0.5, 0.6) is 0 Å². The van der Waals surface area contributed by atoms with Gasteiger partial charge in [0.25, 0.3) is 5.56 Å². The summed E-state index contributed by atoms with van der Waals surface area (Å²) >= 11 is 1.22. The molecule has 0 fully saturated rings. The number of anilines is 1. The maximum Gasteiger partial charge on any atom is 0.332 e. The number of fused-ring (bicyclic) bond motifs is 1. The summed E-state index contributed by atoms with van der Waals surface area (Å²) in [5.74, 6) is -0.348. The molecule has 11 heteroatoms. The molecule has 1 unspecified atom stereocenters. The minimum atomic E-state index is -0.505. The first-order chi connectivity index (χ1) is 15.8. The predicted octanol–water partition coefficient (Wildman–Crippen LogP) is 1.61. The van der Waals surface area contributed by atoms with Gasteiger partial charge >= 0.3 is 11.7 Å². The second-order valence-electron chi connectivity index (χ2n) is 7.46. The molecule has 1 atom stereocenters. The highest BCUT2D eigenvalue weighted by atomic mass is 32.2. The van der Waals surface area contributed by atoms with Gasteiger partial charge < -0.3 is 19.8 Å². The van der Waals surface area contributed by atoms with E-state index in [1.165, 1.54) is 23.4 Å². The Morgan fingerprint density at radius 3 is 2.64 bits per heavy atom. The molecule has 1 aromatic carbocycles. The quantitative estimate of drug-likeness (QED) is 0.266. The number of nitrogens with zero attached hydrogens (tertiary/aromatic N) is 4. The maximum absolute atomic E-state index is 13.4. The molecule has 2 N–H and O–H groups in total. The van der Waals surface area contributed by atoms with Crippen molar-refractivity contribution in [3.05, 3.63) is 50.7 Å². The number of nitrogen functional groups attached to an aromatic ring is 1. The summed E-state index contributed by atoms with van der Waals surface area (Å²) in [7, 11) is 3.08. The van der Waals surface area contributed by atoms with Crippen LogP contribution in [0.1, 0.15) is 25.8 Å². The Morgan fingerprint density at radius 1 is 1.24 bits per heavy atom. The zero-order valence-electron chi connectivity index (χ0n) is 19.2. The highest BCUT2D eigenvalue weighted by Crippen LogP contribution is 2.29. The third kappa shape index (κ3) is 5.14. The molecule has 33 heavy (non-hydrogen) atoms. The van der Waals surface area contributed by atoms with Gasteiger partial charge in [-0.1, -0.05) is 30.8 Å². The van der Waals surface area contributed by atoms with E-state index in [1.54, 1.807) is 24.6 Å². The Labute approximate surface area is 195 Å². The number of imidazole rings is 1. The van der Waals surface area contributed by atoms with Crippen LogP contribution in [-0.2, 0) is 34.4 Å². The minimum Gasteiger partial charge on any atom is -0.465 e. The van der Waals surface area contributed by atoms with Crippen molar-refractivity contribution in [2.45, 2.75) is 43.8 Å². The van der Waals surface area contributed by atoms with Crippen molar-refractivity contribution in [2.24, 2.45) is 7.05 Å². The number of aromatic nitrogens is 4. The van der Waals surface area contributed by atoms with Crippen LogP contribution < -0.4 is 17.0 Å². The average molecular weight is 476 g/mol. The number of carbonyl (C=O) groups is 1. The van der Waals surface area contributed by atoms with Crippen LogP contribution in [0.15, 0.2) is 39.0 Å². The summed E-state index contributed by atoms with van der Waals surface area (Å²) in [5, 5.41) is -0.0574. The van der Waals surface area contributed by atoms with Crippen molar-refractivity contribution in [1.29, 1.82) is 0 Å². The Morgan fingerprint density at radius 2 is 2.00 bits per heavy atom. The molecule has 0 bridgehead atoms. The molecule has 0 aliphatic carbocycles. The molecule has 10 nitrogen and oxygen atoms in total. The molecule has 0 amide bonds. The lowest BCUT2D eigenvalue weighted by atomic mass is 10.2. The molecule has 0 saturated carbocycles.